The fourth-order valence-electron chi connectivity index (χ4n) is 2.82. The molecule has 0 saturated heterocycles. The van der Waals surface area contributed by atoms with Gasteiger partial charge in [0.2, 0.25) is 0 Å². The number of benzene rings is 2. The zero-order chi connectivity index (χ0) is 19.9. The lowest BCUT2D eigenvalue weighted by molar-refractivity contribution is -0.133. The number of hydrogen-bond donors (Lipinski definition) is 0. The fourth-order valence-corrected chi connectivity index (χ4v) is 3.04. The summed E-state index contributed by atoms with van der Waals surface area (Å²) >= 11 is 6.20. The Kier molecular flexibility index (Phi) is 6.50. The van der Waals surface area contributed by atoms with Crippen LogP contribution in [0.5, 0.6) is 11.5 Å². The van der Waals surface area contributed by atoms with Crippen molar-refractivity contribution in [1.29, 1.82) is 0 Å². The van der Waals surface area contributed by atoms with Crippen molar-refractivity contribution in [2.45, 2.75) is 6.54 Å². The predicted molar refractivity (Wildman–Crippen MR) is 111 cm³/mol. The zero-order valence-electron chi connectivity index (χ0n) is 15.6. The number of amides is 1. The van der Waals surface area contributed by atoms with Gasteiger partial charge < -0.3 is 14.4 Å². The summed E-state index contributed by atoms with van der Waals surface area (Å²) in [6.45, 7) is 4.52. The Bertz CT molecular complexity index is 973. The van der Waals surface area contributed by atoms with E-state index < -0.39 is 0 Å². The van der Waals surface area contributed by atoms with Crippen molar-refractivity contribution in [1.82, 2.24) is 9.88 Å². The zero-order valence-corrected chi connectivity index (χ0v) is 16.4. The van der Waals surface area contributed by atoms with E-state index in [9.17, 15) is 4.79 Å². The maximum atomic E-state index is 12.7. The maximum Gasteiger partial charge on any atom is 0.261 e. The van der Waals surface area contributed by atoms with Crippen molar-refractivity contribution in [3.8, 4) is 11.5 Å². The van der Waals surface area contributed by atoms with Crippen LogP contribution in [-0.4, -0.2) is 36.1 Å². The molecule has 0 aliphatic rings. The maximum absolute atomic E-state index is 12.7. The smallest absolute Gasteiger partial charge is 0.261 e. The largest absolute Gasteiger partial charge is 0.497 e. The minimum absolute atomic E-state index is 0.0999. The first-order valence-corrected chi connectivity index (χ1v) is 9.18. The van der Waals surface area contributed by atoms with Gasteiger partial charge in [0.1, 0.15) is 17.0 Å². The second kappa shape index (κ2) is 9.24. The monoisotopic (exact) mass is 396 g/mol. The van der Waals surface area contributed by atoms with Crippen LogP contribution in [0.3, 0.4) is 0 Å². The molecule has 2 aromatic carbocycles. The van der Waals surface area contributed by atoms with Crippen LogP contribution >= 0.6 is 11.6 Å². The number of carbonyl (C=O) groups is 1. The van der Waals surface area contributed by atoms with Crippen LogP contribution < -0.4 is 9.47 Å². The molecule has 1 aromatic heterocycles. The molecule has 0 spiro atoms. The first-order valence-electron chi connectivity index (χ1n) is 8.80. The average molecular weight is 397 g/mol. The van der Waals surface area contributed by atoms with E-state index in [1.165, 1.54) is 0 Å². The quantitative estimate of drug-likeness (QED) is 0.526. The van der Waals surface area contributed by atoms with Crippen molar-refractivity contribution in [3.63, 3.8) is 0 Å². The second-order valence-electron chi connectivity index (χ2n) is 6.14. The SMILES string of the molecule is C=CCN(Cc1ccc(OC)cc1)C(=O)COc1ccc(Cl)c2cccnc12. The van der Waals surface area contributed by atoms with Crippen LogP contribution in [0.4, 0.5) is 0 Å². The molecule has 3 aromatic rings. The van der Waals surface area contributed by atoms with Crippen LogP contribution in [0.15, 0.2) is 67.4 Å². The number of halogens is 1. The molecule has 144 valence electrons. The van der Waals surface area contributed by atoms with Gasteiger partial charge in [0, 0.05) is 24.7 Å². The molecule has 28 heavy (non-hydrogen) atoms. The second-order valence-corrected chi connectivity index (χ2v) is 6.55. The lowest BCUT2D eigenvalue weighted by atomic mass is 10.2. The molecule has 0 N–H and O–H groups in total. The summed E-state index contributed by atoms with van der Waals surface area (Å²) in [7, 11) is 1.62. The molecule has 0 aliphatic heterocycles. The number of rotatable bonds is 8. The third kappa shape index (κ3) is 4.61. The molecule has 0 radical (unpaired) electrons. The molecule has 5 nitrogen and oxygen atoms in total. The molecule has 0 atom stereocenters. The standard InChI is InChI=1S/C22H21ClN2O3/c1-3-13-25(14-16-6-8-17(27-2)9-7-16)21(26)15-28-20-11-10-19(23)18-5-4-12-24-22(18)20/h3-12H,1,13-15H2,2H3. The number of fused-ring (bicyclic) bond motifs is 1. The molecular formula is C22H21ClN2O3. The Morgan fingerprint density at radius 1 is 1.21 bits per heavy atom. The van der Waals surface area contributed by atoms with Gasteiger partial charge in [-0.05, 0) is 42.0 Å². The van der Waals surface area contributed by atoms with Crippen molar-refractivity contribution < 1.29 is 14.3 Å². The first-order chi connectivity index (χ1) is 13.6. The molecule has 0 unspecified atom stereocenters. The first kappa shape index (κ1) is 19.7. The summed E-state index contributed by atoms with van der Waals surface area (Å²) in [4.78, 5) is 18.7. The van der Waals surface area contributed by atoms with E-state index in [1.54, 1.807) is 36.4 Å². The number of nitrogens with zero attached hydrogens (tertiary/aromatic N) is 2. The van der Waals surface area contributed by atoms with E-state index in [2.05, 4.69) is 11.6 Å². The van der Waals surface area contributed by atoms with E-state index in [4.69, 9.17) is 21.1 Å². The van der Waals surface area contributed by atoms with Crippen LogP contribution in [0.2, 0.25) is 5.02 Å². The summed E-state index contributed by atoms with van der Waals surface area (Å²) in [5, 5.41) is 1.38. The van der Waals surface area contributed by atoms with Gasteiger partial charge in [-0.2, -0.15) is 0 Å². The number of carbonyl (C=O) groups excluding carboxylic acids is 1. The Morgan fingerprint density at radius 3 is 2.71 bits per heavy atom. The Balaban J connectivity index is 1.70. The molecule has 1 heterocycles. The molecular weight excluding hydrogens is 376 g/mol. The Morgan fingerprint density at radius 2 is 2.00 bits per heavy atom. The minimum Gasteiger partial charge on any atom is -0.497 e. The molecule has 0 saturated carbocycles. The summed E-state index contributed by atoms with van der Waals surface area (Å²) in [6.07, 6.45) is 3.36. The van der Waals surface area contributed by atoms with Gasteiger partial charge in [0.15, 0.2) is 6.61 Å². The lowest BCUT2D eigenvalue weighted by Gasteiger charge is -2.21. The predicted octanol–water partition coefficient (Wildman–Crippen LogP) is 4.49. The number of methoxy groups -OCH3 is 1. The van der Waals surface area contributed by atoms with Crippen LogP contribution in [0.1, 0.15) is 5.56 Å². The van der Waals surface area contributed by atoms with Gasteiger partial charge >= 0.3 is 0 Å². The normalized spacial score (nSPS) is 10.5. The lowest BCUT2D eigenvalue weighted by Crippen LogP contribution is -2.34. The van der Waals surface area contributed by atoms with Crippen molar-refractivity contribution >= 4 is 28.4 Å². The van der Waals surface area contributed by atoms with Gasteiger partial charge in [0.25, 0.3) is 5.91 Å². The van der Waals surface area contributed by atoms with Crippen LogP contribution in [-0.2, 0) is 11.3 Å². The van der Waals surface area contributed by atoms with E-state index >= 15 is 0 Å². The topological polar surface area (TPSA) is 51.7 Å². The van der Waals surface area contributed by atoms with Gasteiger partial charge in [-0.3, -0.25) is 9.78 Å². The molecule has 0 bridgehead atoms. The highest BCUT2D eigenvalue weighted by atomic mass is 35.5. The van der Waals surface area contributed by atoms with Gasteiger partial charge in [-0.1, -0.05) is 29.8 Å². The van der Waals surface area contributed by atoms with Crippen molar-refractivity contribution in [2.75, 3.05) is 20.3 Å². The van der Waals surface area contributed by atoms with Crippen LogP contribution in [0.25, 0.3) is 10.9 Å². The Labute approximate surface area is 169 Å². The van der Waals surface area contributed by atoms with E-state index in [0.29, 0.717) is 29.4 Å². The molecule has 1 amide bonds. The minimum atomic E-state index is -0.144. The molecule has 6 heteroatoms. The van der Waals surface area contributed by atoms with Crippen LogP contribution in [0, 0.1) is 0 Å². The number of ether oxygens (including phenoxy) is 2. The van der Waals surface area contributed by atoms with Crippen molar-refractivity contribution in [2.24, 2.45) is 0 Å². The molecule has 0 aliphatic carbocycles. The fraction of sp³-hybridized carbons (Fsp3) is 0.182. The summed E-state index contributed by atoms with van der Waals surface area (Å²) in [5.41, 5.74) is 1.63. The van der Waals surface area contributed by atoms with E-state index in [0.717, 1.165) is 16.7 Å². The number of hydrogen-bond acceptors (Lipinski definition) is 4. The van der Waals surface area contributed by atoms with Crippen molar-refractivity contribution in [3.05, 3.63) is 78.0 Å². The highest BCUT2D eigenvalue weighted by Gasteiger charge is 2.15. The molecule has 0 fully saturated rings. The average Bonchev–Trinajstić information content (AvgIpc) is 2.73. The third-order valence-corrected chi connectivity index (χ3v) is 4.59. The highest BCUT2D eigenvalue weighted by Crippen LogP contribution is 2.29. The number of aromatic nitrogens is 1. The van der Waals surface area contributed by atoms with E-state index in [-0.39, 0.29) is 12.5 Å². The molecule has 3 rings (SSSR count). The van der Waals surface area contributed by atoms with Gasteiger partial charge in [0.05, 0.1) is 12.1 Å². The Hall–Kier alpha value is -3.05. The summed E-state index contributed by atoms with van der Waals surface area (Å²) in [5.74, 6) is 1.15. The van der Waals surface area contributed by atoms with Gasteiger partial charge in [-0.25, -0.2) is 0 Å². The highest BCUT2D eigenvalue weighted by molar-refractivity contribution is 6.35. The summed E-state index contributed by atoms with van der Waals surface area (Å²) in [6, 6.07) is 14.7. The van der Waals surface area contributed by atoms with E-state index in [1.807, 2.05) is 36.4 Å². The number of pyridine rings is 1. The van der Waals surface area contributed by atoms with Gasteiger partial charge in [-0.15, -0.1) is 6.58 Å². The third-order valence-electron chi connectivity index (χ3n) is 4.27. The summed E-state index contributed by atoms with van der Waals surface area (Å²) < 4.78 is 10.9.